The fourth-order valence-electron chi connectivity index (χ4n) is 2.66. The summed E-state index contributed by atoms with van der Waals surface area (Å²) in [7, 11) is 0. The Hall–Kier alpha value is -1.64. The minimum Gasteiger partial charge on any atom is -0.335 e. The van der Waals surface area contributed by atoms with Gasteiger partial charge in [0.2, 0.25) is 5.91 Å². The Labute approximate surface area is 108 Å². The van der Waals surface area contributed by atoms with Crippen LogP contribution in [-0.2, 0) is 16.1 Å². The highest BCUT2D eigenvalue weighted by atomic mass is 16.2. The highest BCUT2D eigenvalue weighted by Gasteiger charge is 2.34. The predicted octanol–water partition coefficient (Wildman–Crippen LogP) is 2.40. The third kappa shape index (κ3) is 2.61. The Morgan fingerprint density at radius 2 is 2.00 bits per heavy atom. The molecule has 1 heterocycles. The highest BCUT2D eigenvalue weighted by Crippen LogP contribution is 2.26. The summed E-state index contributed by atoms with van der Waals surface area (Å²) in [4.78, 5) is 25.4. The van der Waals surface area contributed by atoms with Crippen LogP contribution in [0.15, 0.2) is 30.3 Å². The molecule has 0 unspecified atom stereocenters. The fraction of sp³-hybridized carbons (Fsp3) is 0.467. The van der Waals surface area contributed by atoms with Gasteiger partial charge in [0.05, 0.1) is 0 Å². The summed E-state index contributed by atoms with van der Waals surface area (Å²) in [6.07, 6.45) is 1.18. The normalized spacial score (nSPS) is 24.1. The maximum absolute atomic E-state index is 12.0. The number of carbonyl (C=O) groups excluding carboxylic acids is 2. The van der Waals surface area contributed by atoms with E-state index in [0.717, 1.165) is 5.56 Å². The first kappa shape index (κ1) is 12.8. The van der Waals surface area contributed by atoms with Gasteiger partial charge in [-0.15, -0.1) is 0 Å². The lowest BCUT2D eigenvalue weighted by Crippen LogP contribution is -2.48. The molecule has 1 amide bonds. The zero-order valence-electron chi connectivity index (χ0n) is 10.9. The second-order valence-electron chi connectivity index (χ2n) is 5.00. The maximum Gasteiger partial charge on any atom is 0.223 e. The first-order valence-electron chi connectivity index (χ1n) is 6.43. The Morgan fingerprint density at radius 3 is 2.61 bits per heavy atom. The zero-order valence-corrected chi connectivity index (χ0v) is 10.9. The van der Waals surface area contributed by atoms with Crippen molar-refractivity contribution >= 4 is 11.7 Å². The van der Waals surface area contributed by atoms with Crippen LogP contribution in [0.1, 0.15) is 32.3 Å². The summed E-state index contributed by atoms with van der Waals surface area (Å²) in [6.45, 7) is 4.20. The first-order valence-corrected chi connectivity index (χ1v) is 6.43. The van der Waals surface area contributed by atoms with Gasteiger partial charge in [-0.25, -0.2) is 0 Å². The molecule has 1 fully saturated rings. The molecule has 0 aromatic heterocycles. The molecule has 0 saturated carbocycles. The second kappa shape index (κ2) is 5.34. The van der Waals surface area contributed by atoms with Gasteiger partial charge >= 0.3 is 0 Å². The molecular formula is C15H19NO2. The average molecular weight is 245 g/mol. The number of likely N-dealkylation sites (tertiary alicyclic amines) is 1. The lowest BCUT2D eigenvalue weighted by Gasteiger charge is -2.38. The molecule has 2 rings (SSSR count). The lowest BCUT2D eigenvalue weighted by molar-refractivity contribution is -0.141. The lowest BCUT2D eigenvalue weighted by atomic mass is 9.86. The molecule has 18 heavy (non-hydrogen) atoms. The monoisotopic (exact) mass is 245 g/mol. The topological polar surface area (TPSA) is 37.4 Å². The van der Waals surface area contributed by atoms with Crippen molar-refractivity contribution in [3.63, 3.8) is 0 Å². The van der Waals surface area contributed by atoms with Crippen molar-refractivity contribution in [2.24, 2.45) is 5.92 Å². The number of benzene rings is 1. The summed E-state index contributed by atoms with van der Waals surface area (Å²) in [5.74, 6) is 0.336. The van der Waals surface area contributed by atoms with Gasteiger partial charge in [0.15, 0.2) is 0 Å². The van der Waals surface area contributed by atoms with Crippen LogP contribution < -0.4 is 0 Å². The summed E-state index contributed by atoms with van der Waals surface area (Å²) >= 11 is 0. The molecule has 2 atom stereocenters. The SMILES string of the molecule is CC(=O)[C@@H]1CCC(=O)N(Cc2ccccc2)[C@@H]1C. The molecule has 0 spiro atoms. The molecule has 1 aromatic carbocycles. The summed E-state index contributed by atoms with van der Waals surface area (Å²) in [6, 6.07) is 9.93. The molecule has 0 radical (unpaired) electrons. The summed E-state index contributed by atoms with van der Waals surface area (Å²) in [5.41, 5.74) is 1.11. The third-order valence-corrected chi connectivity index (χ3v) is 3.78. The molecule has 1 aliphatic rings. The van der Waals surface area contributed by atoms with Crippen LogP contribution in [0.5, 0.6) is 0 Å². The molecule has 3 nitrogen and oxygen atoms in total. The minimum absolute atomic E-state index is 0.00366. The number of rotatable bonds is 3. The van der Waals surface area contributed by atoms with Crippen molar-refractivity contribution in [3.05, 3.63) is 35.9 Å². The van der Waals surface area contributed by atoms with Crippen LogP contribution in [0.25, 0.3) is 0 Å². The number of carbonyl (C=O) groups is 2. The zero-order chi connectivity index (χ0) is 13.1. The number of hydrogen-bond donors (Lipinski definition) is 0. The molecule has 96 valence electrons. The van der Waals surface area contributed by atoms with Gasteiger partial charge in [0.1, 0.15) is 5.78 Å². The van der Waals surface area contributed by atoms with Crippen molar-refractivity contribution in [3.8, 4) is 0 Å². The minimum atomic E-state index is -0.00795. The number of nitrogens with zero attached hydrogens (tertiary/aromatic N) is 1. The number of ketones is 1. The van der Waals surface area contributed by atoms with Gasteiger partial charge in [-0.2, -0.15) is 0 Å². The fourth-order valence-corrected chi connectivity index (χ4v) is 2.66. The van der Waals surface area contributed by atoms with Gasteiger partial charge in [0.25, 0.3) is 0 Å². The van der Waals surface area contributed by atoms with Gasteiger partial charge in [-0.3, -0.25) is 9.59 Å². The molecule has 1 saturated heterocycles. The smallest absolute Gasteiger partial charge is 0.223 e. The van der Waals surface area contributed by atoms with Crippen LogP contribution in [0.3, 0.4) is 0 Å². The van der Waals surface area contributed by atoms with E-state index in [0.29, 0.717) is 19.4 Å². The van der Waals surface area contributed by atoms with Gasteiger partial charge in [-0.05, 0) is 25.8 Å². The molecule has 0 N–H and O–H groups in total. The van der Waals surface area contributed by atoms with Gasteiger partial charge in [0, 0.05) is 24.9 Å². The van der Waals surface area contributed by atoms with E-state index in [1.54, 1.807) is 6.92 Å². The molecule has 1 aliphatic heterocycles. The van der Waals surface area contributed by atoms with E-state index in [9.17, 15) is 9.59 Å². The average Bonchev–Trinajstić information content (AvgIpc) is 2.35. The summed E-state index contributed by atoms with van der Waals surface area (Å²) in [5, 5.41) is 0. The molecule has 0 aliphatic carbocycles. The Bertz CT molecular complexity index is 441. The molecule has 3 heteroatoms. The van der Waals surface area contributed by atoms with Crippen LogP contribution in [0.2, 0.25) is 0 Å². The van der Waals surface area contributed by atoms with Crippen molar-refractivity contribution in [2.45, 2.75) is 39.3 Å². The molecular weight excluding hydrogens is 226 g/mol. The number of Topliss-reactive ketones (excluding diaryl/α,β-unsaturated/α-hetero) is 1. The van der Waals surface area contributed by atoms with E-state index in [1.807, 2.05) is 42.2 Å². The molecule has 0 bridgehead atoms. The van der Waals surface area contributed by atoms with E-state index in [-0.39, 0.29) is 23.7 Å². The van der Waals surface area contributed by atoms with E-state index in [4.69, 9.17) is 0 Å². The van der Waals surface area contributed by atoms with E-state index in [2.05, 4.69) is 0 Å². The van der Waals surface area contributed by atoms with Crippen LogP contribution in [0.4, 0.5) is 0 Å². The second-order valence-corrected chi connectivity index (χ2v) is 5.00. The number of piperidine rings is 1. The van der Waals surface area contributed by atoms with E-state index in [1.165, 1.54) is 0 Å². The van der Waals surface area contributed by atoms with Crippen LogP contribution in [-0.4, -0.2) is 22.6 Å². The van der Waals surface area contributed by atoms with Crippen molar-refractivity contribution in [1.29, 1.82) is 0 Å². The number of hydrogen-bond acceptors (Lipinski definition) is 2. The molecule has 1 aromatic rings. The quantitative estimate of drug-likeness (QED) is 0.820. The van der Waals surface area contributed by atoms with Crippen molar-refractivity contribution in [2.75, 3.05) is 0 Å². The van der Waals surface area contributed by atoms with Crippen molar-refractivity contribution < 1.29 is 9.59 Å². The summed E-state index contributed by atoms with van der Waals surface area (Å²) < 4.78 is 0. The number of amides is 1. The van der Waals surface area contributed by atoms with Gasteiger partial charge in [-0.1, -0.05) is 30.3 Å². The van der Waals surface area contributed by atoms with Crippen molar-refractivity contribution in [1.82, 2.24) is 4.90 Å². The van der Waals surface area contributed by atoms with E-state index < -0.39 is 0 Å². The predicted molar refractivity (Wildman–Crippen MR) is 69.9 cm³/mol. The standard InChI is InChI=1S/C15H19NO2/c1-11-14(12(2)17)8-9-15(18)16(11)10-13-6-4-3-5-7-13/h3-7,11,14H,8-10H2,1-2H3/t11-,14-/m1/s1. The Morgan fingerprint density at radius 1 is 1.33 bits per heavy atom. The maximum atomic E-state index is 12.0. The van der Waals surface area contributed by atoms with Crippen LogP contribution in [0, 0.1) is 5.92 Å². The third-order valence-electron chi connectivity index (χ3n) is 3.78. The van der Waals surface area contributed by atoms with Gasteiger partial charge < -0.3 is 4.90 Å². The van der Waals surface area contributed by atoms with Crippen LogP contribution >= 0.6 is 0 Å². The first-order chi connectivity index (χ1) is 8.59. The Kier molecular flexibility index (Phi) is 3.80. The van der Waals surface area contributed by atoms with E-state index >= 15 is 0 Å². The largest absolute Gasteiger partial charge is 0.335 e. The highest BCUT2D eigenvalue weighted by molar-refractivity contribution is 5.84. The Balaban J connectivity index is 2.14.